The number of aromatic nitrogens is 2. The first-order valence-corrected chi connectivity index (χ1v) is 8.11. The average molecular weight is 339 g/mol. The molecule has 0 N–H and O–H groups in total. The van der Waals surface area contributed by atoms with Crippen LogP contribution in [0, 0.1) is 6.92 Å². The number of carbonyl (C=O) groups excluding carboxylic acids is 1. The first-order valence-electron chi connectivity index (χ1n) is 8.11. The minimum absolute atomic E-state index is 0.0418. The second kappa shape index (κ2) is 6.93. The molecular formula is C19H21N3O3. The molecule has 0 bridgehead atoms. The first-order chi connectivity index (χ1) is 12.0. The van der Waals surface area contributed by atoms with Crippen LogP contribution in [0.5, 0.6) is 5.75 Å². The van der Waals surface area contributed by atoms with Gasteiger partial charge in [-0.2, -0.15) is 0 Å². The van der Waals surface area contributed by atoms with Crippen molar-refractivity contribution in [1.29, 1.82) is 0 Å². The molecule has 0 unspecified atom stereocenters. The summed E-state index contributed by atoms with van der Waals surface area (Å²) in [5, 5.41) is 4.64. The van der Waals surface area contributed by atoms with Gasteiger partial charge in [0.25, 0.3) is 11.6 Å². The quantitative estimate of drug-likeness (QED) is 0.714. The number of hydrogen-bond acceptors (Lipinski definition) is 5. The molecular weight excluding hydrogens is 318 g/mol. The van der Waals surface area contributed by atoms with E-state index in [1.54, 1.807) is 25.1 Å². The van der Waals surface area contributed by atoms with Crippen LogP contribution in [0.4, 0.5) is 0 Å². The van der Waals surface area contributed by atoms with E-state index in [1.807, 2.05) is 38.1 Å². The van der Waals surface area contributed by atoms with Crippen LogP contribution in [-0.4, -0.2) is 41.1 Å². The Bertz CT molecular complexity index is 887. The molecule has 3 aromatic rings. The van der Waals surface area contributed by atoms with Gasteiger partial charge in [0.15, 0.2) is 0 Å². The molecule has 6 nitrogen and oxygen atoms in total. The molecule has 2 aromatic heterocycles. The summed E-state index contributed by atoms with van der Waals surface area (Å²) in [4.78, 5) is 18.7. The topological polar surface area (TPSA) is 68.5 Å². The minimum Gasteiger partial charge on any atom is -0.497 e. The number of benzene rings is 1. The standard InChI is InChI=1S/C19H21N3O3/c1-12(9-14-5-7-16(24-4)8-6-14)22(3)19(23)15-10-17-13(2)21-25-18(17)20-11-15/h5-8,10-12H,9H2,1-4H3/t12-/m1/s1. The van der Waals surface area contributed by atoms with Gasteiger partial charge in [0.05, 0.1) is 23.8 Å². The summed E-state index contributed by atoms with van der Waals surface area (Å²) < 4.78 is 10.3. The highest BCUT2D eigenvalue weighted by Gasteiger charge is 2.19. The highest BCUT2D eigenvalue weighted by atomic mass is 16.5. The Morgan fingerprint density at radius 1 is 1.32 bits per heavy atom. The maximum Gasteiger partial charge on any atom is 0.257 e. The predicted molar refractivity (Wildman–Crippen MR) is 94.8 cm³/mol. The molecule has 0 spiro atoms. The summed E-state index contributed by atoms with van der Waals surface area (Å²) in [6, 6.07) is 9.71. The van der Waals surface area contributed by atoms with Gasteiger partial charge in [-0.3, -0.25) is 4.79 Å². The van der Waals surface area contributed by atoms with Gasteiger partial charge < -0.3 is 14.2 Å². The van der Waals surface area contributed by atoms with Crippen molar-refractivity contribution < 1.29 is 14.1 Å². The Balaban J connectivity index is 1.74. The summed E-state index contributed by atoms with van der Waals surface area (Å²) in [5.74, 6) is 0.750. The number of methoxy groups -OCH3 is 1. The molecule has 3 rings (SSSR count). The van der Waals surface area contributed by atoms with Crippen LogP contribution in [0.1, 0.15) is 28.5 Å². The van der Waals surface area contributed by atoms with E-state index >= 15 is 0 Å². The maximum atomic E-state index is 12.8. The van der Waals surface area contributed by atoms with Gasteiger partial charge in [0.2, 0.25) is 0 Å². The SMILES string of the molecule is COc1ccc(C[C@@H](C)N(C)C(=O)c2cnc3onc(C)c3c2)cc1. The van der Waals surface area contributed by atoms with Gasteiger partial charge in [-0.25, -0.2) is 4.98 Å². The van der Waals surface area contributed by atoms with Crippen molar-refractivity contribution in [3.8, 4) is 5.75 Å². The number of fused-ring (bicyclic) bond motifs is 1. The van der Waals surface area contributed by atoms with E-state index < -0.39 is 0 Å². The van der Waals surface area contributed by atoms with Crippen molar-refractivity contribution in [3.05, 3.63) is 53.3 Å². The van der Waals surface area contributed by atoms with Crippen molar-refractivity contribution in [1.82, 2.24) is 15.0 Å². The van der Waals surface area contributed by atoms with E-state index in [9.17, 15) is 4.79 Å². The fourth-order valence-corrected chi connectivity index (χ4v) is 2.71. The van der Waals surface area contributed by atoms with Gasteiger partial charge in [-0.15, -0.1) is 0 Å². The molecule has 1 amide bonds. The summed E-state index contributed by atoms with van der Waals surface area (Å²) in [6.07, 6.45) is 2.29. The van der Waals surface area contributed by atoms with Crippen LogP contribution in [-0.2, 0) is 6.42 Å². The predicted octanol–water partition coefficient (Wildman–Crippen LogP) is 3.24. The molecule has 0 aliphatic rings. The zero-order valence-electron chi connectivity index (χ0n) is 14.8. The third-order valence-corrected chi connectivity index (χ3v) is 4.43. The normalized spacial score (nSPS) is 12.2. The second-order valence-electron chi connectivity index (χ2n) is 6.16. The zero-order chi connectivity index (χ0) is 18.0. The van der Waals surface area contributed by atoms with E-state index in [4.69, 9.17) is 9.26 Å². The summed E-state index contributed by atoms with van der Waals surface area (Å²) >= 11 is 0. The summed E-state index contributed by atoms with van der Waals surface area (Å²) in [5.41, 5.74) is 2.85. The van der Waals surface area contributed by atoms with Crippen molar-refractivity contribution in [2.75, 3.05) is 14.2 Å². The highest BCUT2D eigenvalue weighted by molar-refractivity contribution is 5.97. The first kappa shape index (κ1) is 17.0. The number of pyridine rings is 1. The molecule has 25 heavy (non-hydrogen) atoms. The van der Waals surface area contributed by atoms with Crippen molar-refractivity contribution in [2.24, 2.45) is 0 Å². The Morgan fingerprint density at radius 2 is 2.04 bits per heavy atom. The fraction of sp³-hybridized carbons (Fsp3) is 0.316. The largest absolute Gasteiger partial charge is 0.497 e. The third-order valence-electron chi connectivity index (χ3n) is 4.43. The molecule has 0 saturated heterocycles. The van der Waals surface area contributed by atoms with Crippen molar-refractivity contribution >= 4 is 17.0 Å². The van der Waals surface area contributed by atoms with E-state index in [0.717, 1.165) is 28.8 Å². The molecule has 0 saturated carbocycles. The highest BCUT2D eigenvalue weighted by Crippen LogP contribution is 2.19. The third kappa shape index (κ3) is 3.47. The van der Waals surface area contributed by atoms with Gasteiger partial charge >= 0.3 is 0 Å². The van der Waals surface area contributed by atoms with Crippen LogP contribution >= 0.6 is 0 Å². The van der Waals surface area contributed by atoms with Crippen LogP contribution in [0.15, 0.2) is 41.1 Å². The molecule has 2 heterocycles. The number of aryl methyl sites for hydroxylation is 1. The number of nitrogens with zero attached hydrogens (tertiary/aromatic N) is 3. The molecule has 0 aliphatic heterocycles. The number of carbonyl (C=O) groups is 1. The van der Waals surface area contributed by atoms with Crippen LogP contribution in [0.3, 0.4) is 0 Å². The van der Waals surface area contributed by atoms with Crippen LogP contribution < -0.4 is 4.74 Å². The Labute approximate surface area is 146 Å². The second-order valence-corrected chi connectivity index (χ2v) is 6.16. The fourth-order valence-electron chi connectivity index (χ4n) is 2.71. The lowest BCUT2D eigenvalue weighted by atomic mass is 10.1. The van der Waals surface area contributed by atoms with Gasteiger partial charge in [-0.05, 0) is 44.0 Å². The minimum atomic E-state index is -0.0731. The average Bonchev–Trinajstić information content (AvgIpc) is 3.01. The van der Waals surface area contributed by atoms with Crippen LogP contribution in [0.25, 0.3) is 11.1 Å². The van der Waals surface area contributed by atoms with Crippen LogP contribution in [0.2, 0.25) is 0 Å². The van der Waals surface area contributed by atoms with E-state index in [1.165, 1.54) is 6.20 Å². The number of rotatable bonds is 5. The Hall–Kier alpha value is -2.89. The van der Waals surface area contributed by atoms with Crippen molar-refractivity contribution in [3.63, 3.8) is 0 Å². The number of ether oxygens (including phenoxy) is 1. The number of amides is 1. The summed E-state index contributed by atoms with van der Waals surface area (Å²) in [7, 11) is 3.45. The van der Waals surface area contributed by atoms with Gasteiger partial charge in [0, 0.05) is 19.3 Å². The lowest BCUT2D eigenvalue weighted by Gasteiger charge is -2.25. The van der Waals surface area contributed by atoms with Gasteiger partial charge in [-0.1, -0.05) is 17.3 Å². The Kier molecular flexibility index (Phi) is 4.70. The maximum absolute atomic E-state index is 12.8. The number of hydrogen-bond donors (Lipinski definition) is 0. The van der Waals surface area contributed by atoms with E-state index in [-0.39, 0.29) is 11.9 Å². The monoisotopic (exact) mass is 339 g/mol. The smallest absolute Gasteiger partial charge is 0.257 e. The molecule has 130 valence electrons. The molecule has 6 heteroatoms. The molecule has 1 atom stereocenters. The lowest BCUT2D eigenvalue weighted by molar-refractivity contribution is 0.0743. The van der Waals surface area contributed by atoms with Crippen molar-refractivity contribution in [2.45, 2.75) is 26.3 Å². The summed E-state index contributed by atoms with van der Waals surface area (Å²) in [6.45, 7) is 3.86. The number of likely N-dealkylation sites (N-methyl/N-ethyl adjacent to an activating group) is 1. The van der Waals surface area contributed by atoms with E-state index in [0.29, 0.717) is 11.3 Å². The molecule has 1 aromatic carbocycles. The Morgan fingerprint density at radius 3 is 2.72 bits per heavy atom. The lowest BCUT2D eigenvalue weighted by Crippen LogP contribution is -2.36. The van der Waals surface area contributed by atoms with Gasteiger partial charge in [0.1, 0.15) is 5.75 Å². The zero-order valence-corrected chi connectivity index (χ0v) is 14.8. The molecule has 0 fully saturated rings. The molecule has 0 radical (unpaired) electrons. The molecule has 0 aliphatic carbocycles. The van der Waals surface area contributed by atoms with E-state index in [2.05, 4.69) is 10.1 Å².